The molecule has 8 heteroatoms. The second-order valence-electron chi connectivity index (χ2n) is 6.87. The zero-order chi connectivity index (χ0) is 19.7. The minimum atomic E-state index is -3.40. The van der Waals surface area contributed by atoms with Crippen molar-refractivity contribution in [1.82, 2.24) is 0 Å². The van der Waals surface area contributed by atoms with E-state index in [0.717, 1.165) is 4.88 Å². The Kier molecular flexibility index (Phi) is 6.63. The van der Waals surface area contributed by atoms with Crippen LogP contribution in [0.25, 0.3) is 0 Å². The minimum Gasteiger partial charge on any atom is -0.477 e. The first-order chi connectivity index (χ1) is 12.0. The predicted molar refractivity (Wildman–Crippen MR) is 109 cm³/mol. The van der Waals surface area contributed by atoms with E-state index in [1.165, 1.54) is 17.4 Å². The van der Waals surface area contributed by atoms with E-state index in [-0.39, 0.29) is 28.1 Å². The third-order valence-corrected chi connectivity index (χ3v) is 8.56. The van der Waals surface area contributed by atoms with Crippen molar-refractivity contribution in [3.05, 3.63) is 49.6 Å². The van der Waals surface area contributed by atoms with Crippen LogP contribution >= 0.6 is 41.9 Å². The number of carbonyl (C=O) groups is 1. The van der Waals surface area contributed by atoms with E-state index in [9.17, 15) is 14.5 Å². The van der Waals surface area contributed by atoms with Crippen LogP contribution in [0.15, 0.2) is 24.3 Å². The third-order valence-electron chi connectivity index (χ3n) is 3.74. The molecule has 1 heterocycles. The largest absolute Gasteiger partial charge is 0.477 e. The summed E-state index contributed by atoms with van der Waals surface area (Å²) in [6.07, 6.45) is -0.0313. The maximum Gasteiger partial charge on any atom is 0.346 e. The molecule has 0 aliphatic rings. The van der Waals surface area contributed by atoms with Gasteiger partial charge in [-0.2, -0.15) is 0 Å². The molecule has 1 aromatic heterocycles. The Morgan fingerprint density at radius 2 is 1.92 bits per heavy atom. The van der Waals surface area contributed by atoms with Gasteiger partial charge >= 0.3 is 5.97 Å². The lowest BCUT2D eigenvalue weighted by molar-refractivity contribution is 0.0701. The highest BCUT2D eigenvalue weighted by atomic mass is 35.5. The van der Waals surface area contributed by atoms with Crippen LogP contribution < -0.4 is 5.30 Å². The van der Waals surface area contributed by atoms with Gasteiger partial charge in [0, 0.05) is 9.90 Å². The first-order valence-corrected chi connectivity index (χ1v) is 11.4. The van der Waals surface area contributed by atoms with E-state index in [1.807, 2.05) is 26.8 Å². The molecule has 0 aliphatic heterocycles. The van der Waals surface area contributed by atoms with Crippen LogP contribution in [0, 0.1) is 0 Å². The Balaban J connectivity index is 2.55. The van der Waals surface area contributed by atoms with Gasteiger partial charge in [0.2, 0.25) is 7.37 Å². The average Bonchev–Trinajstić information content (AvgIpc) is 2.91. The molecule has 0 aliphatic carbocycles. The summed E-state index contributed by atoms with van der Waals surface area (Å²) in [6.45, 7) is 7.98. The van der Waals surface area contributed by atoms with Gasteiger partial charge < -0.3 is 9.63 Å². The molecular formula is C18H21Cl2O4PS. The van der Waals surface area contributed by atoms with Crippen molar-refractivity contribution < 1.29 is 19.0 Å². The number of thiophene rings is 1. The lowest BCUT2D eigenvalue weighted by atomic mass is 9.94. The molecule has 1 unspecified atom stereocenters. The first kappa shape index (κ1) is 21.5. The van der Waals surface area contributed by atoms with Crippen LogP contribution in [0.5, 0.6) is 0 Å². The normalized spacial score (nSPS) is 14.2. The van der Waals surface area contributed by atoms with Gasteiger partial charge in [-0.25, -0.2) is 4.79 Å². The van der Waals surface area contributed by atoms with Crippen molar-refractivity contribution in [2.45, 2.75) is 39.3 Å². The second kappa shape index (κ2) is 8.04. The molecular weight excluding hydrogens is 414 g/mol. The van der Waals surface area contributed by atoms with Crippen LogP contribution in [0.3, 0.4) is 0 Å². The number of benzene rings is 1. The molecule has 0 amide bonds. The highest BCUT2D eigenvalue weighted by Crippen LogP contribution is 2.52. The summed E-state index contributed by atoms with van der Waals surface area (Å²) in [6, 6.07) is 6.50. The lowest BCUT2D eigenvalue weighted by Gasteiger charge is -2.19. The van der Waals surface area contributed by atoms with Gasteiger partial charge in [0.25, 0.3) is 0 Å². The lowest BCUT2D eigenvalue weighted by Crippen LogP contribution is -2.12. The summed E-state index contributed by atoms with van der Waals surface area (Å²) in [7, 11) is -3.40. The zero-order valence-corrected chi connectivity index (χ0v) is 18.2. The first-order valence-electron chi connectivity index (χ1n) is 8.03. The van der Waals surface area contributed by atoms with Gasteiger partial charge in [0.15, 0.2) is 0 Å². The summed E-state index contributed by atoms with van der Waals surface area (Å²) in [5.74, 6) is -1.04. The molecule has 0 fully saturated rings. The molecule has 26 heavy (non-hydrogen) atoms. The molecule has 0 radical (unpaired) electrons. The fourth-order valence-corrected chi connectivity index (χ4v) is 6.67. The summed E-state index contributed by atoms with van der Waals surface area (Å²) in [5, 5.41) is 10.6. The summed E-state index contributed by atoms with van der Waals surface area (Å²) >= 11 is 13.4. The number of carboxylic acid groups (broad SMARTS) is 1. The number of hydrogen-bond donors (Lipinski definition) is 1. The van der Waals surface area contributed by atoms with Crippen LogP contribution in [0.4, 0.5) is 0 Å². The SMILES string of the molecule is CCOP(=O)(Cc1cc(C(C)(C)C)sc1C(=O)O)c1ccc(Cl)cc1Cl. The van der Waals surface area contributed by atoms with Crippen LogP contribution in [-0.2, 0) is 20.7 Å². The quantitative estimate of drug-likeness (QED) is 0.550. The molecule has 2 rings (SSSR count). The maximum atomic E-state index is 13.6. The van der Waals surface area contributed by atoms with E-state index in [2.05, 4.69) is 0 Å². The molecule has 0 bridgehead atoms. The summed E-state index contributed by atoms with van der Waals surface area (Å²) < 4.78 is 19.2. The Hall–Kier alpha value is -0.840. The smallest absolute Gasteiger partial charge is 0.346 e. The van der Waals surface area contributed by atoms with Crippen molar-refractivity contribution in [3.8, 4) is 0 Å². The van der Waals surface area contributed by atoms with E-state index < -0.39 is 13.3 Å². The number of hydrogen-bond acceptors (Lipinski definition) is 4. The Bertz CT molecular complexity index is 871. The molecule has 2 aromatic rings. The second-order valence-corrected chi connectivity index (χ2v) is 11.2. The zero-order valence-electron chi connectivity index (χ0n) is 15.0. The molecule has 1 atom stereocenters. The minimum absolute atomic E-state index is 0.0313. The van der Waals surface area contributed by atoms with Crippen LogP contribution in [0.2, 0.25) is 10.0 Å². The van der Waals surface area contributed by atoms with Crippen LogP contribution in [0.1, 0.15) is 47.8 Å². The highest BCUT2D eigenvalue weighted by Gasteiger charge is 2.32. The molecule has 0 saturated carbocycles. The highest BCUT2D eigenvalue weighted by molar-refractivity contribution is 7.66. The van der Waals surface area contributed by atoms with Gasteiger partial charge in [-0.1, -0.05) is 44.0 Å². The number of rotatable bonds is 6. The van der Waals surface area contributed by atoms with E-state index >= 15 is 0 Å². The van der Waals surface area contributed by atoms with Crippen molar-refractivity contribution in [2.24, 2.45) is 0 Å². The Morgan fingerprint density at radius 1 is 1.27 bits per heavy atom. The summed E-state index contributed by atoms with van der Waals surface area (Å²) in [5.41, 5.74) is 0.288. The fourth-order valence-electron chi connectivity index (χ4n) is 2.49. The number of aromatic carboxylic acids is 1. The van der Waals surface area contributed by atoms with Gasteiger partial charge in [-0.05, 0) is 42.2 Å². The molecule has 0 saturated heterocycles. The van der Waals surface area contributed by atoms with Crippen molar-refractivity contribution >= 4 is 53.2 Å². The van der Waals surface area contributed by atoms with Crippen molar-refractivity contribution in [2.75, 3.05) is 6.61 Å². The topological polar surface area (TPSA) is 63.6 Å². The van der Waals surface area contributed by atoms with Crippen LogP contribution in [-0.4, -0.2) is 17.7 Å². The van der Waals surface area contributed by atoms with Gasteiger partial charge in [-0.15, -0.1) is 11.3 Å². The monoisotopic (exact) mass is 434 g/mol. The average molecular weight is 435 g/mol. The van der Waals surface area contributed by atoms with Gasteiger partial charge in [0.05, 0.1) is 23.1 Å². The molecule has 4 nitrogen and oxygen atoms in total. The van der Waals surface area contributed by atoms with Crippen molar-refractivity contribution in [3.63, 3.8) is 0 Å². The molecule has 0 spiro atoms. The number of halogens is 2. The van der Waals surface area contributed by atoms with Gasteiger partial charge in [0.1, 0.15) is 4.88 Å². The molecule has 1 aromatic carbocycles. The predicted octanol–water partition coefficient (Wildman–Crippen LogP) is 6.19. The maximum absolute atomic E-state index is 13.6. The van der Waals surface area contributed by atoms with Crippen molar-refractivity contribution in [1.29, 1.82) is 0 Å². The van der Waals surface area contributed by atoms with Gasteiger partial charge in [-0.3, -0.25) is 4.57 Å². The van der Waals surface area contributed by atoms with E-state index in [4.69, 9.17) is 27.7 Å². The standard InChI is InChI=1S/C18H21Cl2O4PS/c1-5-24-25(23,14-7-6-12(19)9-13(14)20)10-11-8-15(18(2,3)4)26-16(11)17(21)22/h6-9H,5,10H2,1-4H3,(H,21,22). The third kappa shape index (κ3) is 4.71. The van der Waals surface area contributed by atoms with E-state index in [1.54, 1.807) is 19.1 Å². The summed E-state index contributed by atoms with van der Waals surface area (Å²) in [4.78, 5) is 12.8. The molecule has 142 valence electrons. The fraction of sp³-hybridized carbons (Fsp3) is 0.389. The Labute approximate surface area is 167 Å². The van der Waals surface area contributed by atoms with E-state index in [0.29, 0.717) is 15.9 Å². The Morgan fingerprint density at radius 3 is 2.42 bits per heavy atom. The molecule has 1 N–H and O–H groups in total. The number of carboxylic acids is 1.